The van der Waals surface area contributed by atoms with Gasteiger partial charge in [-0.25, -0.2) is 4.39 Å². The first-order valence-electron chi connectivity index (χ1n) is 4.52. The molecule has 0 bridgehead atoms. The van der Waals surface area contributed by atoms with Crippen molar-refractivity contribution in [1.29, 1.82) is 0 Å². The Morgan fingerprint density at radius 1 is 1.47 bits per heavy atom. The number of hydrogen-bond donors (Lipinski definition) is 3. The number of benzene rings is 1. The third-order valence-electron chi connectivity index (χ3n) is 2.05. The van der Waals surface area contributed by atoms with Gasteiger partial charge in [0.05, 0.1) is 17.6 Å². The van der Waals surface area contributed by atoms with Gasteiger partial charge in [-0.2, -0.15) is 5.10 Å². The van der Waals surface area contributed by atoms with Crippen molar-refractivity contribution >= 4 is 11.4 Å². The third kappa shape index (κ3) is 2.25. The maximum atomic E-state index is 12.7. The SMILES string of the molecule is Nc1cc(F)ccc1NCc1cn[nH]c1. The fourth-order valence-corrected chi connectivity index (χ4v) is 1.27. The number of halogens is 1. The summed E-state index contributed by atoms with van der Waals surface area (Å²) in [6.07, 6.45) is 3.50. The Kier molecular flexibility index (Phi) is 2.53. The molecule has 0 spiro atoms. The molecular formula is C10H11FN4. The van der Waals surface area contributed by atoms with Gasteiger partial charge in [0, 0.05) is 18.3 Å². The highest BCUT2D eigenvalue weighted by Crippen LogP contribution is 2.19. The molecule has 15 heavy (non-hydrogen) atoms. The average Bonchev–Trinajstić information content (AvgIpc) is 2.69. The predicted octanol–water partition coefficient (Wildman–Crippen LogP) is 1.74. The minimum absolute atomic E-state index is 0.332. The number of nitrogens with zero attached hydrogens (tertiary/aromatic N) is 1. The minimum Gasteiger partial charge on any atom is -0.397 e. The molecule has 0 atom stereocenters. The van der Waals surface area contributed by atoms with Gasteiger partial charge in [-0.05, 0) is 18.2 Å². The van der Waals surface area contributed by atoms with Gasteiger partial charge in [0.1, 0.15) is 5.82 Å². The Bertz CT molecular complexity index is 439. The molecule has 0 radical (unpaired) electrons. The summed E-state index contributed by atoms with van der Waals surface area (Å²) in [5, 5.41) is 9.61. The van der Waals surface area contributed by atoms with E-state index < -0.39 is 0 Å². The van der Waals surface area contributed by atoms with E-state index in [1.807, 2.05) is 0 Å². The molecular weight excluding hydrogens is 195 g/mol. The van der Waals surface area contributed by atoms with Crippen molar-refractivity contribution in [1.82, 2.24) is 10.2 Å². The largest absolute Gasteiger partial charge is 0.397 e. The second-order valence-corrected chi connectivity index (χ2v) is 3.19. The third-order valence-corrected chi connectivity index (χ3v) is 2.05. The molecule has 0 aliphatic rings. The maximum Gasteiger partial charge on any atom is 0.125 e. The molecule has 0 amide bonds. The van der Waals surface area contributed by atoms with Gasteiger partial charge >= 0.3 is 0 Å². The first-order chi connectivity index (χ1) is 7.25. The van der Waals surface area contributed by atoms with E-state index in [0.29, 0.717) is 12.2 Å². The molecule has 2 rings (SSSR count). The lowest BCUT2D eigenvalue weighted by atomic mass is 10.2. The lowest BCUT2D eigenvalue weighted by molar-refractivity contribution is 0.628. The molecule has 0 fully saturated rings. The second kappa shape index (κ2) is 4.00. The van der Waals surface area contributed by atoms with Crippen LogP contribution in [0.25, 0.3) is 0 Å². The number of nitrogens with two attached hydrogens (primary N) is 1. The first-order valence-corrected chi connectivity index (χ1v) is 4.52. The summed E-state index contributed by atoms with van der Waals surface area (Å²) in [7, 11) is 0. The van der Waals surface area contributed by atoms with Crippen LogP contribution >= 0.6 is 0 Å². The smallest absolute Gasteiger partial charge is 0.125 e. The van der Waals surface area contributed by atoms with Gasteiger partial charge in [-0.1, -0.05) is 0 Å². The lowest BCUT2D eigenvalue weighted by Gasteiger charge is -2.07. The van der Waals surface area contributed by atoms with Crippen LogP contribution in [0.4, 0.5) is 15.8 Å². The Morgan fingerprint density at radius 2 is 2.33 bits per heavy atom. The molecule has 0 aliphatic heterocycles. The van der Waals surface area contributed by atoms with Crippen LogP contribution in [0.1, 0.15) is 5.56 Å². The molecule has 1 aromatic carbocycles. The van der Waals surface area contributed by atoms with E-state index in [2.05, 4.69) is 15.5 Å². The maximum absolute atomic E-state index is 12.7. The first kappa shape index (κ1) is 9.51. The van der Waals surface area contributed by atoms with Gasteiger partial charge in [0.15, 0.2) is 0 Å². The topological polar surface area (TPSA) is 66.7 Å². The standard InChI is InChI=1S/C10H11FN4/c11-8-1-2-10(9(12)3-8)13-4-7-5-14-15-6-7/h1-3,5-6,13H,4,12H2,(H,14,15). The molecule has 1 heterocycles. The van der Waals surface area contributed by atoms with E-state index in [9.17, 15) is 4.39 Å². The van der Waals surface area contributed by atoms with Crippen molar-refractivity contribution in [2.45, 2.75) is 6.54 Å². The van der Waals surface area contributed by atoms with Crippen molar-refractivity contribution < 1.29 is 4.39 Å². The van der Waals surface area contributed by atoms with Crippen LogP contribution in [-0.2, 0) is 6.54 Å². The number of nitrogen functional groups attached to an aromatic ring is 1. The van der Waals surface area contributed by atoms with Crippen molar-refractivity contribution in [2.24, 2.45) is 0 Å². The summed E-state index contributed by atoms with van der Waals surface area (Å²) >= 11 is 0. The average molecular weight is 206 g/mol. The zero-order valence-electron chi connectivity index (χ0n) is 8.00. The number of H-pyrrole nitrogens is 1. The van der Waals surface area contributed by atoms with E-state index in [0.717, 1.165) is 11.3 Å². The summed E-state index contributed by atoms with van der Waals surface area (Å²) in [4.78, 5) is 0. The molecule has 78 valence electrons. The summed E-state index contributed by atoms with van der Waals surface area (Å²) in [5.41, 5.74) is 7.77. The Labute approximate surface area is 86.3 Å². The number of nitrogens with one attached hydrogen (secondary N) is 2. The van der Waals surface area contributed by atoms with Crippen LogP contribution in [0.15, 0.2) is 30.6 Å². The van der Waals surface area contributed by atoms with Gasteiger partial charge < -0.3 is 11.1 Å². The number of anilines is 2. The highest BCUT2D eigenvalue weighted by Gasteiger charge is 2.00. The molecule has 1 aromatic heterocycles. The molecule has 0 saturated heterocycles. The molecule has 2 aromatic rings. The van der Waals surface area contributed by atoms with E-state index >= 15 is 0 Å². The summed E-state index contributed by atoms with van der Waals surface area (Å²) < 4.78 is 12.7. The van der Waals surface area contributed by atoms with Crippen molar-refractivity contribution in [3.05, 3.63) is 42.0 Å². The molecule has 4 nitrogen and oxygen atoms in total. The van der Waals surface area contributed by atoms with Crippen LogP contribution in [0, 0.1) is 5.82 Å². The van der Waals surface area contributed by atoms with E-state index in [4.69, 9.17) is 5.73 Å². The van der Waals surface area contributed by atoms with Crippen LogP contribution < -0.4 is 11.1 Å². The fraction of sp³-hybridized carbons (Fsp3) is 0.100. The Morgan fingerprint density at radius 3 is 3.00 bits per heavy atom. The zero-order valence-corrected chi connectivity index (χ0v) is 8.00. The van der Waals surface area contributed by atoms with Crippen molar-refractivity contribution in [3.8, 4) is 0 Å². The minimum atomic E-state index is -0.332. The quantitative estimate of drug-likeness (QED) is 0.670. The van der Waals surface area contributed by atoms with E-state index in [-0.39, 0.29) is 5.82 Å². The highest BCUT2D eigenvalue weighted by atomic mass is 19.1. The lowest BCUT2D eigenvalue weighted by Crippen LogP contribution is -2.01. The highest BCUT2D eigenvalue weighted by molar-refractivity contribution is 5.65. The molecule has 0 aliphatic carbocycles. The second-order valence-electron chi connectivity index (χ2n) is 3.19. The number of rotatable bonds is 3. The predicted molar refractivity (Wildman–Crippen MR) is 56.7 cm³/mol. The van der Waals surface area contributed by atoms with Crippen LogP contribution in [-0.4, -0.2) is 10.2 Å². The van der Waals surface area contributed by atoms with Gasteiger partial charge in [0.25, 0.3) is 0 Å². The zero-order chi connectivity index (χ0) is 10.7. The van der Waals surface area contributed by atoms with Gasteiger partial charge in [-0.15, -0.1) is 0 Å². The normalized spacial score (nSPS) is 10.2. The van der Waals surface area contributed by atoms with E-state index in [1.165, 1.54) is 12.1 Å². The van der Waals surface area contributed by atoms with Crippen LogP contribution in [0.2, 0.25) is 0 Å². The van der Waals surface area contributed by atoms with Crippen LogP contribution in [0.5, 0.6) is 0 Å². The number of hydrogen-bond acceptors (Lipinski definition) is 3. The van der Waals surface area contributed by atoms with Gasteiger partial charge in [0.2, 0.25) is 0 Å². The number of aromatic nitrogens is 2. The van der Waals surface area contributed by atoms with Crippen molar-refractivity contribution in [3.63, 3.8) is 0 Å². The van der Waals surface area contributed by atoms with Crippen molar-refractivity contribution in [2.75, 3.05) is 11.1 Å². The molecule has 5 heteroatoms. The van der Waals surface area contributed by atoms with Gasteiger partial charge in [-0.3, -0.25) is 5.10 Å². The summed E-state index contributed by atoms with van der Waals surface area (Å²) in [6.45, 7) is 0.604. The fourth-order valence-electron chi connectivity index (χ4n) is 1.27. The molecule has 0 saturated carbocycles. The summed E-state index contributed by atoms with van der Waals surface area (Å²) in [5.74, 6) is -0.332. The Hall–Kier alpha value is -2.04. The molecule has 4 N–H and O–H groups in total. The Balaban J connectivity index is 2.05. The molecule has 0 unspecified atom stereocenters. The monoisotopic (exact) mass is 206 g/mol. The van der Waals surface area contributed by atoms with Crippen LogP contribution in [0.3, 0.4) is 0 Å². The number of aromatic amines is 1. The van der Waals surface area contributed by atoms with E-state index in [1.54, 1.807) is 18.5 Å². The summed E-state index contributed by atoms with van der Waals surface area (Å²) in [6, 6.07) is 4.27.